The molecule has 2 amide bonds. The molecule has 10 heteroatoms. The van der Waals surface area contributed by atoms with Gasteiger partial charge in [-0.25, -0.2) is 9.69 Å². The van der Waals surface area contributed by atoms with E-state index in [0.717, 1.165) is 4.90 Å². The van der Waals surface area contributed by atoms with Gasteiger partial charge in [-0.05, 0) is 6.42 Å². The molecule has 2 heterocycles. The zero-order valence-corrected chi connectivity index (χ0v) is 10.7. The van der Waals surface area contributed by atoms with Crippen LogP contribution < -0.4 is 4.90 Å². The lowest BCUT2D eigenvalue weighted by Gasteiger charge is -2.15. The van der Waals surface area contributed by atoms with Crippen molar-refractivity contribution in [2.24, 2.45) is 0 Å². The summed E-state index contributed by atoms with van der Waals surface area (Å²) in [5.41, 5.74) is 0. The minimum absolute atomic E-state index is 0.0492. The van der Waals surface area contributed by atoms with Gasteiger partial charge in [-0.3, -0.25) is 0 Å². The number of halogens is 3. The number of hydrogen-bond acceptors (Lipinski definition) is 5. The molecule has 1 aromatic heterocycles. The van der Waals surface area contributed by atoms with Crippen molar-refractivity contribution in [3.8, 4) is 0 Å². The van der Waals surface area contributed by atoms with Crippen molar-refractivity contribution >= 4 is 22.5 Å². The number of nitrogens with zero attached hydrogens (tertiary/aromatic N) is 4. The Morgan fingerprint density at radius 2 is 2.16 bits per heavy atom. The van der Waals surface area contributed by atoms with Crippen molar-refractivity contribution < 1.29 is 23.1 Å². The van der Waals surface area contributed by atoms with Crippen LogP contribution >= 0.6 is 11.3 Å². The smallest absolute Gasteiger partial charge is 0.371 e. The highest BCUT2D eigenvalue weighted by Crippen LogP contribution is 2.35. The van der Waals surface area contributed by atoms with Gasteiger partial charge >= 0.3 is 12.2 Å². The van der Waals surface area contributed by atoms with Crippen molar-refractivity contribution in [2.75, 3.05) is 18.0 Å². The number of carbonyl (C=O) groups excluding carboxylic acids is 1. The third kappa shape index (κ3) is 2.63. The molecule has 0 bridgehead atoms. The molecule has 0 aromatic carbocycles. The van der Waals surface area contributed by atoms with Gasteiger partial charge in [0.05, 0.1) is 6.54 Å². The molecule has 1 atom stereocenters. The third-order valence-corrected chi connectivity index (χ3v) is 3.48. The standard InChI is InChI=1S/C9H11F3N4O2S/c1-2-3-15-4-5(17)16(8(15)18)7-14-13-6(19-7)9(10,11)12/h5,17H,2-4H2,1H3. The van der Waals surface area contributed by atoms with Crippen LogP contribution in [0.3, 0.4) is 0 Å². The number of carbonyl (C=O) groups is 1. The second kappa shape index (κ2) is 4.93. The minimum Gasteiger partial charge on any atom is -0.371 e. The molecule has 1 aliphatic rings. The Hall–Kier alpha value is -1.42. The number of rotatable bonds is 3. The molecule has 1 saturated heterocycles. The van der Waals surface area contributed by atoms with Crippen LogP contribution in [0.15, 0.2) is 0 Å². The van der Waals surface area contributed by atoms with E-state index in [2.05, 4.69) is 10.2 Å². The summed E-state index contributed by atoms with van der Waals surface area (Å²) in [7, 11) is 0. The first-order valence-corrected chi connectivity index (χ1v) is 6.33. The van der Waals surface area contributed by atoms with Crippen LogP contribution in [0.1, 0.15) is 18.4 Å². The predicted octanol–water partition coefficient (Wildman–Crippen LogP) is 1.53. The van der Waals surface area contributed by atoms with Crippen LogP contribution in [0, 0.1) is 0 Å². The van der Waals surface area contributed by atoms with E-state index >= 15 is 0 Å². The van der Waals surface area contributed by atoms with Crippen LogP contribution in [0.2, 0.25) is 0 Å². The molecular weight excluding hydrogens is 285 g/mol. The second-order valence-corrected chi connectivity index (χ2v) is 4.92. The van der Waals surface area contributed by atoms with Gasteiger partial charge in [0.2, 0.25) is 10.1 Å². The molecule has 1 N–H and O–H groups in total. The van der Waals surface area contributed by atoms with E-state index in [1.54, 1.807) is 0 Å². The van der Waals surface area contributed by atoms with Crippen molar-refractivity contribution in [1.82, 2.24) is 15.1 Å². The van der Waals surface area contributed by atoms with Crippen LogP contribution in [-0.4, -0.2) is 45.6 Å². The highest BCUT2D eigenvalue weighted by atomic mass is 32.1. The number of β-amino-alcohol motifs (C(OH)–C–C–N with tert-alkyl or cyclic N) is 1. The Morgan fingerprint density at radius 1 is 1.47 bits per heavy atom. The highest BCUT2D eigenvalue weighted by molar-refractivity contribution is 7.15. The Kier molecular flexibility index (Phi) is 3.63. The van der Waals surface area contributed by atoms with Gasteiger partial charge in [-0.1, -0.05) is 18.3 Å². The Bertz CT molecular complexity index is 478. The molecule has 0 aliphatic carbocycles. The summed E-state index contributed by atoms with van der Waals surface area (Å²) in [5, 5.41) is 14.7. The first-order valence-electron chi connectivity index (χ1n) is 5.51. The average Bonchev–Trinajstić information content (AvgIpc) is 2.85. The van der Waals surface area contributed by atoms with Crippen LogP contribution in [-0.2, 0) is 6.18 Å². The zero-order valence-electron chi connectivity index (χ0n) is 9.89. The molecule has 0 saturated carbocycles. The molecule has 106 valence electrons. The largest absolute Gasteiger partial charge is 0.445 e. The van der Waals surface area contributed by atoms with Crippen LogP contribution in [0.4, 0.5) is 23.1 Å². The number of hydrogen-bond donors (Lipinski definition) is 1. The van der Waals surface area contributed by atoms with Gasteiger partial charge in [0.1, 0.15) is 0 Å². The topological polar surface area (TPSA) is 69.6 Å². The fourth-order valence-electron chi connectivity index (χ4n) is 1.73. The molecule has 1 aromatic rings. The van der Waals surface area contributed by atoms with E-state index in [0.29, 0.717) is 13.0 Å². The maximum Gasteiger partial charge on any atom is 0.445 e. The lowest BCUT2D eigenvalue weighted by atomic mass is 10.4. The molecule has 1 unspecified atom stereocenters. The summed E-state index contributed by atoms with van der Waals surface area (Å²) in [5.74, 6) is 0. The van der Waals surface area contributed by atoms with Crippen molar-refractivity contribution in [1.29, 1.82) is 0 Å². The van der Waals surface area contributed by atoms with E-state index < -0.39 is 23.4 Å². The lowest BCUT2D eigenvalue weighted by Crippen LogP contribution is -2.35. The van der Waals surface area contributed by atoms with Crippen molar-refractivity contribution in [2.45, 2.75) is 25.7 Å². The van der Waals surface area contributed by atoms with Gasteiger partial charge in [0.15, 0.2) is 6.23 Å². The number of aromatic nitrogens is 2. The van der Waals surface area contributed by atoms with Gasteiger partial charge in [-0.2, -0.15) is 13.2 Å². The normalized spacial score (nSPS) is 20.5. The van der Waals surface area contributed by atoms with Gasteiger partial charge < -0.3 is 10.0 Å². The molecule has 19 heavy (non-hydrogen) atoms. The maximum absolute atomic E-state index is 12.4. The monoisotopic (exact) mass is 296 g/mol. The summed E-state index contributed by atoms with van der Waals surface area (Å²) >= 11 is 0.236. The number of aliphatic hydroxyl groups is 1. The number of amides is 2. The zero-order chi connectivity index (χ0) is 14.2. The quantitative estimate of drug-likeness (QED) is 0.918. The third-order valence-electron chi connectivity index (χ3n) is 2.51. The van der Waals surface area contributed by atoms with E-state index in [-0.39, 0.29) is 23.0 Å². The summed E-state index contributed by atoms with van der Waals surface area (Å²) in [4.78, 5) is 14.1. The second-order valence-electron chi connectivity index (χ2n) is 3.97. The van der Waals surface area contributed by atoms with Crippen LogP contribution in [0.5, 0.6) is 0 Å². The number of aliphatic hydroxyl groups excluding tert-OH is 1. The fourth-order valence-corrected chi connectivity index (χ4v) is 2.48. The molecular formula is C9H11F3N4O2S. The van der Waals surface area contributed by atoms with Crippen molar-refractivity contribution in [3.63, 3.8) is 0 Å². The summed E-state index contributed by atoms with van der Waals surface area (Å²) in [6, 6.07) is -0.556. The Balaban J connectivity index is 2.22. The maximum atomic E-state index is 12.4. The highest BCUT2D eigenvalue weighted by Gasteiger charge is 2.41. The van der Waals surface area contributed by atoms with Gasteiger partial charge in [0.25, 0.3) is 0 Å². The van der Waals surface area contributed by atoms with Crippen molar-refractivity contribution in [3.05, 3.63) is 5.01 Å². The summed E-state index contributed by atoms with van der Waals surface area (Å²) in [6.45, 7) is 2.33. The number of alkyl halides is 3. The molecule has 2 rings (SSSR count). The fraction of sp³-hybridized carbons (Fsp3) is 0.667. The van der Waals surface area contributed by atoms with Gasteiger partial charge in [0, 0.05) is 6.54 Å². The van der Waals surface area contributed by atoms with Crippen LogP contribution in [0.25, 0.3) is 0 Å². The van der Waals surface area contributed by atoms with E-state index in [1.165, 1.54) is 4.90 Å². The van der Waals surface area contributed by atoms with Gasteiger partial charge in [-0.15, -0.1) is 10.2 Å². The summed E-state index contributed by atoms with van der Waals surface area (Å²) < 4.78 is 37.2. The first kappa shape index (κ1) is 14.0. The average molecular weight is 296 g/mol. The first-order chi connectivity index (χ1) is 8.84. The van der Waals surface area contributed by atoms with E-state index in [4.69, 9.17) is 0 Å². The van der Waals surface area contributed by atoms with E-state index in [9.17, 15) is 23.1 Å². The molecule has 1 fully saturated rings. The molecule has 0 spiro atoms. The number of urea groups is 1. The summed E-state index contributed by atoms with van der Waals surface area (Å²) in [6.07, 6.45) is -5.11. The predicted molar refractivity (Wildman–Crippen MR) is 60.7 cm³/mol. The number of anilines is 1. The Labute approximate surface area is 110 Å². The SMILES string of the molecule is CCCN1CC(O)N(c2nnc(C(F)(F)F)s2)C1=O. The molecule has 6 nitrogen and oxygen atoms in total. The minimum atomic E-state index is -4.60. The lowest BCUT2D eigenvalue weighted by molar-refractivity contribution is -0.138. The molecule has 0 radical (unpaired) electrons. The van der Waals surface area contributed by atoms with E-state index in [1.807, 2.05) is 6.92 Å². The Morgan fingerprint density at radius 3 is 2.68 bits per heavy atom. The molecule has 1 aliphatic heterocycles.